The first kappa shape index (κ1) is 17.8. The number of sulfonamides is 1. The standard InChI is InChI=1S/C15H22FN3O3S/c1-19(13-6-9-17-10-7-13)15(20)8-11-18-23(21,22)14-4-2-12(16)3-5-14/h2-5,13,17-18H,6-11H2,1H3. The molecular formula is C15H22FN3O3S. The molecule has 1 aromatic rings. The third-order valence-corrected chi connectivity index (χ3v) is 5.48. The summed E-state index contributed by atoms with van der Waals surface area (Å²) in [5, 5.41) is 3.24. The van der Waals surface area contributed by atoms with Crippen molar-refractivity contribution in [2.75, 3.05) is 26.7 Å². The summed E-state index contributed by atoms with van der Waals surface area (Å²) in [5.41, 5.74) is 0. The van der Waals surface area contributed by atoms with Crippen LogP contribution in [0.2, 0.25) is 0 Å². The van der Waals surface area contributed by atoms with Crippen molar-refractivity contribution in [1.82, 2.24) is 14.9 Å². The molecule has 1 heterocycles. The molecule has 0 spiro atoms. The molecule has 2 rings (SSSR count). The fourth-order valence-corrected chi connectivity index (χ4v) is 3.60. The zero-order chi connectivity index (χ0) is 16.9. The van der Waals surface area contributed by atoms with Gasteiger partial charge < -0.3 is 10.2 Å². The van der Waals surface area contributed by atoms with E-state index in [9.17, 15) is 17.6 Å². The smallest absolute Gasteiger partial charge is 0.240 e. The van der Waals surface area contributed by atoms with E-state index in [4.69, 9.17) is 0 Å². The maximum Gasteiger partial charge on any atom is 0.240 e. The quantitative estimate of drug-likeness (QED) is 0.797. The number of rotatable bonds is 6. The van der Waals surface area contributed by atoms with Crippen LogP contribution in [-0.4, -0.2) is 51.9 Å². The summed E-state index contributed by atoms with van der Waals surface area (Å²) in [6, 6.07) is 4.77. The monoisotopic (exact) mass is 343 g/mol. The predicted molar refractivity (Wildman–Crippen MR) is 84.9 cm³/mol. The van der Waals surface area contributed by atoms with Crippen molar-refractivity contribution >= 4 is 15.9 Å². The molecule has 128 valence electrons. The minimum absolute atomic E-state index is 0.0157. The Bertz CT molecular complexity index is 628. The average molecular weight is 343 g/mol. The van der Waals surface area contributed by atoms with Crippen molar-refractivity contribution in [3.05, 3.63) is 30.1 Å². The molecule has 8 heteroatoms. The van der Waals surface area contributed by atoms with Crippen molar-refractivity contribution in [2.24, 2.45) is 0 Å². The van der Waals surface area contributed by atoms with Gasteiger partial charge in [-0.05, 0) is 50.2 Å². The Morgan fingerprint density at radius 3 is 2.52 bits per heavy atom. The third-order valence-electron chi connectivity index (χ3n) is 4.00. The van der Waals surface area contributed by atoms with Crippen molar-refractivity contribution in [3.8, 4) is 0 Å². The van der Waals surface area contributed by atoms with Crippen molar-refractivity contribution in [2.45, 2.75) is 30.2 Å². The average Bonchev–Trinajstić information content (AvgIpc) is 2.55. The van der Waals surface area contributed by atoms with Gasteiger partial charge in [-0.3, -0.25) is 4.79 Å². The Labute approximate surface area is 136 Å². The van der Waals surface area contributed by atoms with Crippen LogP contribution >= 0.6 is 0 Å². The zero-order valence-electron chi connectivity index (χ0n) is 13.1. The van der Waals surface area contributed by atoms with Crippen LogP contribution in [0.5, 0.6) is 0 Å². The lowest BCUT2D eigenvalue weighted by Crippen LogP contribution is -2.44. The van der Waals surface area contributed by atoms with Gasteiger partial charge in [-0.2, -0.15) is 0 Å². The van der Waals surface area contributed by atoms with E-state index < -0.39 is 15.8 Å². The number of piperidine rings is 1. The van der Waals surface area contributed by atoms with Gasteiger partial charge in [0, 0.05) is 26.1 Å². The molecule has 0 unspecified atom stereocenters. The maximum absolute atomic E-state index is 12.8. The van der Waals surface area contributed by atoms with Crippen LogP contribution in [0.4, 0.5) is 4.39 Å². The maximum atomic E-state index is 12.8. The number of hydrogen-bond acceptors (Lipinski definition) is 4. The highest BCUT2D eigenvalue weighted by molar-refractivity contribution is 7.89. The Kier molecular flexibility index (Phi) is 6.09. The number of halogens is 1. The Balaban J connectivity index is 1.83. The predicted octanol–water partition coefficient (Wildman–Crippen LogP) is 0.704. The van der Waals surface area contributed by atoms with E-state index in [1.54, 1.807) is 11.9 Å². The summed E-state index contributed by atoms with van der Waals surface area (Å²) in [6.07, 6.45) is 1.91. The van der Waals surface area contributed by atoms with Gasteiger partial charge in [-0.1, -0.05) is 0 Å². The first-order valence-electron chi connectivity index (χ1n) is 7.62. The summed E-state index contributed by atoms with van der Waals surface area (Å²) in [7, 11) is -1.96. The van der Waals surface area contributed by atoms with Crippen molar-refractivity contribution in [3.63, 3.8) is 0 Å². The first-order valence-corrected chi connectivity index (χ1v) is 9.10. The highest BCUT2D eigenvalue weighted by Gasteiger charge is 2.22. The topological polar surface area (TPSA) is 78.5 Å². The van der Waals surface area contributed by atoms with Crippen molar-refractivity contribution < 1.29 is 17.6 Å². The second kappa shape index (κ2) is 7.85. The summed E-state index contributed by atoms with van der Waals surface area (Å²) >= 11 is 0. The van der Waals surface area contributed by atoms with E-state index in [-0.39, 0.29) is 29.8 Å². The zero-order valence-corrected chi connectivity index (χ0v) is 13.9. The molecule has 0 aromatic heterocycles. The van der Waals surface area contributed by atoms with Crippen LogP contribution in [0.25, 0.3) is 0 Å². The summed E-state index contributed by atoms with van der Waals surface area (Å²) in [5.74, 6) is -0.582. The molecule has 6 nitrogen and oxygen atoms in total. The minimum Gasteiger partial charge on any atom is -0.343 e. The molecule has 1 aromatic carbocycles. The molecule has 0 atom stereocenters. The minimum atomic E-state index is -3.72. The van der Waals surface area contributed by atoms with E-state index in [2.05, 4.69) is 10.0 Å². The number of carbonyl (C=O) groups is 1. The van der Waals surface area contributed by atoms with Gasteiger partial charge in [0.1, 0.15) is 5.82 Å². The van der Waals surface area contributed by atoms with Crippen LogP contribution in [0, 0.1) is 5.82 Å². The number of amides is 1. The van der Waals surface area contributed by atoms with E-state index in [1.807, 2.05) is 0 Å². The van der Waals surface area contributed by atoms with Crippen LogP contribution in [0.3, 0.4) is 0 Å². The van der Waals surface area contributed by atoms with Crippen LogP contribution in [0.1, 0.15) is 19.3 Å². The molecular weight excluding hydrogens is 321 g/mol. The second-order valence-corrected chi connectivity index (χ2v) is 7.35. The Hall–Kier alpha value is -1.51. The first-order chi connectivity index (χ1) is 10.9. The number of hydrogen-bond donors (Lipinski definition) is 2. The number of carbonyl (C=O) groups excluding carboxylic acids is 1. The Morgan fingerprint density at radius 2 is 1.91 bits per heavy atom. The summed E-state index contributed by atoms with van der Waals surface area (Å²) < 4.78 is 39.3. The van der Waals surface area contributed by atoms with Gasteiger partial charge in [-0.15, -0.1) is 0 Å². The molecule has 1 aliphatic heterocycles. The van der Waals surface area contributed by atoms with Gasteiger partial charge in [-0.25, -0.2) is 17.5 Å². The van der Waals surface area contributed by atoms with Crippen LogP contribution < -0.4 is 10.0 Å². The largest absolute Gasteiger partial charge is 0.343 e. The summed E-state index contributed by atoms with van der Waals surface area (Å²) in [6.45, 7) is 1.80. The molecule has 0 saturated carbocycles. The molecule has 1 fully saturated rings. The molecule has 1 aliphatic rings. The van der Waals surface area contributed by atoms with E-state index >= 15 is 0 Å². The fourth-order valence-electron chi connectivity index (χ4n) is 2.56. The molecule has 23 heavy (non-hydrogen) atoms. The molecule has 2 N–H and O–H groups in total. The van der Waals surface area contributed by atoms with E-state index in [1.165, 1.54) is 12.1 Å². The number of benzene rings is 1. The van der Waals surface area contributed by atoms with Gasteiger partial charge in [0.25, 0.3) is 0 Å². The van der Waals surface area contributed by atoms with Gasteiger partial charge in [0.15, 0.2) is 0 Å². The lowest BCUT2D eigenvalue weighted by Gasteiger charge is -2.31. The highest BCUT2D eigenvalue weighted by Crippen LogP contribution is 2.12. The molecule has 0 aliphatic carbocycles. The van der Waals surface area contributed by atoms with E-state index in [0.717, 1.165) is 38.1 Å². The second-order valence-electron chi connectivity index (χ2n) is 5.59. The lowest BCUT2D eigenvalue weighted by atomic mass is 10.1. The molecule has 0 radical (unpaired) electrons. The van der Waals surface area contributed by atoms with E-state index in [0.29, 0.717) is 0 Å². The third kappa shape index (κ3) is 4.98. The lowest BCUT2D eigenvalue weighted by molar-refractivity contribution is -0.132. The molecule has 1 amide bonds. The van der Waals surface area contributed by atoms with Crippen molar-refractivity contribution in [1.29, 1.82) is 0 Å². The molecule has 0 bridgehead atoms. The molecule has 1 saturated heterocycles. The fraction of sp³-hybridized carbons (Fsp3) is 0.533. The highest BCUT2D eigenvalue weighted by atomic mass is 32.2. The van der Waals surface area contributed by atoms with Gasteiger partial charge in [0.05, 0.1) is 4.90 Å². The SMILES string of the molecule is CN(C(=O)CCNS(=O)(=O)c1ccc(F)cc1)C1CCNCC1. The van der Waals surface area contributed by atoms with Gasteiger partial charge in [0.2, 0.25) is 15.9 Å². The van der Waals surface area contributed by atoms with Crippen LogP contribution in [-0.2, 0) is 14.8 Å². The van der Waals surface area contributed by atoms with Crippen LogP contribution in [0.15, 0.2) is 29.2 Å². The summed E-state index contributed by atoms with van der Waals surface area (Å²) in [4.78, 5) is 13.8. The normalized spacial score (nSPS) is 16.3. The number of nitrogens with zero attached hydrogens (tertiary/aromatic N) is 1. The Morgan fingerprint density at radius 1 is 1.30 bits per heavy atom. The number of nitrogens with one attached hydrogen (secondary N) is 2. The van der Waals surface area contributed by atoms with Gasteiger partial charge >= 0.3 is 0 Å².